The number of aliphatic hydroxyl groups excluding tert-OH is 1. The van der Waals surface area contributed by atoms with Crippen molar-refractivity contribution in [3.63, 3.8) is 0 Å². The zero-order chi connectivity index (χ0) is 19.2. The van der Waals surface area contributed by atoms with Crippen molar-refractivity contribution in [2.24, 2.45) is 0 Å². The van der Waals surface area contributed by atoms with Crippen molar-refractivity contribution >= 4 is 33.2 Å². The van der Waals surface area contributed by atoms with Crippen molar-refractivity contribution in [3.05, 3.63) is 93.4 Å². The Morgan fingerprint density at radius 3 is 2.11 bits per heavy atom. The molecule has 0 heterocycles. The zero-order valence-corrected chi connectivity index (χ0v) is 17.2. The van der Waals surface area contributed by atoms with E-state index in [2.05, 4.69) is 21.2 Å². The first-order chi connectivity index (χ1) is 13.0. The summed E-state index contributed by atoms with van der Waals surface area (Å²) >= 11 is 9.47. The summed E-state index contributed by atoms with van der Waals surface area (Å²) in [5, 5.41) is 15.0. The molecule has 3 aromatic carbocycles. The van der Waals surface area contributed by atoms with E-state index in [4.69, 9.17) is 16.3 Å². The van der Waals surface area contributed by atoms with Gasteiger partial charge in [0.15, 0.2) is 0 Å². The zero-order valence-electron chi connectivity index (χ0n) is 14.9. The fraction of sp³-hybridized carbons (Fsp3) is 0.182. The molecular weight excluding hydrogens is 426 g/mol. The summed E-state index contributed by atoms with van der Waals surface area (Å²) in [4.78, 5) is 0. The largest absolute Gasteiger partial charge is 0.497 e. The first-order valence-corrected chi connectivity index (χ1v) is 9.82. The lowest BCUT2D eigenvalue weighted by molar-refractivity contribution is 0.160. The third-order valence-corrected chi connectivity index (χ3v) is 5.20. The van der Waals surface area contributed by atoms with Crippen LogP contribution in [-0.4, -0.2) is 12.2 Å². The van der Waals surface area contributed by atoms with Crippen LogP contribution < -0.4 is 10.1 Å². The Bertz CT molecular complexity index is 851. The number of rotatable bonds is 7. The standard InChI is InChI=1S/C22H21BrClNO2/c1-27-20-12-10-19(11-13-20)25-21(15-4-8-18(24)9-5-15)14-22(26)16-2-6-17(23)7-3-16/h2-13,21-22,25-26H,14H2,1H3. The summed E-state index contributed by atoms with van der Waals surface area (Å²) in [6, 6.07) is 23.1. The van der Waals surface area contributed by atoms with Gasteiger partial charge in [-0.1, -0.05) is 51.8 Å². The molecule has 0 bridgehead atoms. The van der Waals surface area contributed by atoms with Crippen molar-refractivity contribution in [3.8, 4) is 5.75 Å². The number of benzene rings is 3. The number of nitrogens with one attached hydrogen (secondary N) is 1. The fourth-order valence-corrected chi connectivity index (χ4v) is 3.30. The molecule has 2 N–H and O–H groups in total. The molecule has 0 saturated heterocycles. The van der Waals surface area contributed by atoms with Crippen molar-refractivity contribution in [2.45, 2.75) is 18.6 Å². The summed E-state index contributed by atoms with van der Waals surface area (Å²) in [6.07, 6.45) is -0.0699. The quantitative estimate of drug-likeness (QED) is 0.442. The van der Waals surface area contributed by atoms with E-state index >= 15 is 0 Å². The normalized spacial score (nSPS) is 13.0. The average Bonchev–Trinajstić information content (AvgIpc) is 2.69. The molecule has 2 atom stereocenters. The molecule has 5 heteroatoms. The highest BCUT2D eigenvalue weighted by Crippen LogP contribution is 2.31. The predicted molar refractivity (Wildman–Crippen MR) is 115 cm³/mol. The van der Waals surface area contributed by atoms with E-state index in [1.165, 1.54) is 0 Å². The summed E-state index contributed by atoms with van der Waals surface area (Å²) in [5.41, 5.74) is 2.90. The van der Waals surface area contributed by atoms with E-state index in [0.29, 0.717) is 11.4 Å². The van der Waals surface area contributed by atoms with Gasteiger partial charge in [-0.25, -0.2) is 0 Å². The molecule has 0 aliphatic carbocycles. The minimum atomic E-state index is -0.593. The molecule has 0 radical (unpaired) electrons. The molecule has 0 aliphatic rings. The minimum Gasteiger partial charge on any atom is -0.497 e. The maximum atomic E-state index is 10.8. The number of ether oxygens (including phenoxy) is 1. The molecule has 3 aromatic rings. The number of hydrogen-bond acceptors (Lipinski definition) is 3. The second-order valence-electron chi connectivity index (χ2n) is 6.28. The van der Waals surface area contributed by atoms with Gasteiger partial charge in [0.25, 0.3) is 0 Å². The molecular formula is C22H21BrClNO2. The summed E-state index contributed by atoms with van der Waals surface area (Å²) in [6.45, 7) is 0. The molecule has 2 unspecified atom stereocenters. The Labute approximate surface area is 173 Å². The highest BCUT2D eigenvalue weighted by Gasteiger charge is 2.18. The highest BCUT2D eigenvalue weighted by molar-refractivity contribution is 9.10. The van der Waals surface area contributed by atoms with Gasteiger partial charge >= 0.3 is 0 Å². The van der Waals surface area contributed by atoms with Gasteiger partial charge in [0.2, 0.25) is 0 Å². The SMILES string of the molecule is COc1ccc(NC(CC(O)c2ccc(Br)cc2)c2ccc(Cl)cc2)cc1. The Balaban J connectivity index is 1.82. The van der Waals surface area contributed by atoms with Gasteiger partial charge in [0, 0.05) is 21.6 Å². The molecule has 0 saturated carbocycles. The lowest BCUT2D eigenvalue weighted by Crippen LogP contribution is -2.15. The fourth-order valence-electron chi connectivity index (χ4n) is 2.91. The predicted octanol–water partition coefficient (Wildman–Crippen LogP) is 6.39. The molecule has 0 fully saturated rings. The van der Waals surface area contributed by atoms with Crippen molar-refractivity contribution in [1.82, 2.24) is 0 Å². The summed E-state index contributed by atoms with van der Waals surface area (Å²) in [7, 11) is 1.65. The molecule has 0 spiro atoms. The van der Waals surface area contributed by atoms with E-state index in [-0.39, 0.29) is 6.04 Å². The number of aliphatic hydroxyl groups is 1. The van der Waals surface area contributed by atoms with Crippen LogP contribution >= 0.6 is 27.5 Å². The van der Waals surface area contributed by atoms with Gasteiger partial charge in [-0.15, -0.1) is 0 Å². The number of halogens is 2. The van der Waals surface area contributed by atoms with Crippen LogP contribution in [0.4, 0.5) is 5.69 Å². The smallest absolute Gasteiger partial charge is 0.119 e. The van der Waals surface area contributed by atoms with Gasteiger partial charge in [-0.05, 0) is 59.7 Å². The maximum absolute atomic E-state index is 10.8. The first kappa shape index (κ1) is 19.7. The van der Waals surface area contributed by atoms with Gasteiger partial charge in [-0.3, -0.25) is 0 Å². The van der Waals surface area contributed by atoms with Crippen molar-refractivity contribution in [2.75, 3.05) is 12.4 Å². The third kappa shape index (κ3) is 5.48. The van der Waals surface area contributed by atoms with Crippen LogP contribution in [0.15, 0.2) is 77.3 Å². The van der Waals surface area contributed by atoms with Gasteiger partial charge in [-0.2, -0.15) is 0 Å². The van der Waals surface area contributed by atoms with Crippen LogP contribution in [0.3, 0.4) is 0 Å². The van der Waals surface area contributed by atoms with Crippen LogP contribution in [-0.2, 0) is 0 Å². The number of methoxy groups -OCH3 is 1. The Hall–Kier alpha value is -2.01. The van der Waals surface area contributed by atoms with Gasteiger partial charge in [0.1, 0.15) is 5.75 Å². The maximum Gasteiger partial charge on any atom is 0.119 e. The molecule has 0 aromatic heterocycles. The number of anilines is 1. The Kier molecular flexibility index (Phi) is 6.78. The summed E-state index contributed by atoms with van der Waals surface area (Å²) in [5.74, 6) is 0.804. The van der Waals surface area contributed by atoms with E-state index < -0.39 is 6.10 Å². The minimum absolute atomic E-state index is 0.0747. The second-order valence-corrected chi connectivity index (χ2v) is 7.63. The molecule has 0 amide bonds. The average molecular weight is 447 g/mol. The van der Waals surface area contributed by atoms with Crippen molar-refractivity contribution in [1.29, 1.82) is 0 Å². The molecule has 140 valence electrons. The topological polar surface area (TPSA) is 41.5 Å². The van der Waals surface area contributed by atoms with Crippen LogP contribution in [0.1, 0.15) is 29.7 Å². The van der Waals surface area contributed by atoms with Gasteiger partial charge in [0.05, 0.1) is 19.3 Å². The Morgan fingerprint density at radius 2 is 1.52 bits per heavy atom. The van der Waals surface area contributed by atoms with Gasteiger partial charge < -0.3 is 15.2 Å². The first-order valence-electron chi connectivity index (χ1n) is 8.65. The number of hydrogen-bond donors (Lipinski definition) is 2. The summed E-state index contributed by atoms with van der Waals surface area (Å²) < 4.78 is 6.21. The van der Waals surface area contributed by atoms with E-state index in [9.17, 15) is 5.11 Å². The van der Waals surface area contributed by atoms with Crippen LogP contribution in [0.25, 0.3) is 0 Å². The van der Waals surface area contributed by atoms with E-state index in [1.807, 2.05) is 72.8 Å². The lowest BCUT2D eigenvalue weighted by Gasteiger charge is -2.24. The molecule has 0 aliphatic heterocycles. The van der Waals surface area contributed by atoms with Crippen LogP contribution in [0.2, 0.25) is 5.02 Å². The molecule has 27 heavy (non-hydrogen) atoms. The van der Waals surface area contributed by atoms with E-state index in [0.717, 1.165) is 27.0 Å². The highest BCUT2D eigenvalue weighted by atomic mass is 79.9. The molecule has 3 rings (SSSR count). The van der Waals surface area contributed by atoms with E-state index in [1.54, 1.807) is 7.11 Å². The lowest BCUT2D eigenvalue weighted by atomic mass is 9.96. The van der Waals surface area contributed by atoms with Crippen molar-refractivity contribution < 1.29 is 9.84 Å². The van der Waals surface area contributed by atoms with Crippen LogP contribution in [0, 0.1) is 0 Å². The molecule has 3 nitrogen and oxygen atoms in total. The monoisotopic (exact) mass is 445 g/mol. The van der Waals surface area contributed by atoms with Crippen LogP contribution in [0.5, 0.6) is 5.75 Å². The Morgan fingerprint density at radius 1 is 0.926 bits per heavy atom. The second kappa shape index (κ2) is 9.27. The third-order valence-electron chi connectivity index (χ3n) is 4.42.